The molecule has 25 heavy (non-hydrogen) atoms. The number of amides is 2. The van der Waals surface area contributed by atoms with E-state index in [0.717, 1.165) is 18.4 Å². The molecule has 2 amide bonds. The average Bonchev–Trinajstić information content (AvgIpc) is 2.62. The van der Waals surface area contributed by atoms with Gasteiger partial charge in [-0.1, -0.05) is 29.8 Å². The summed E-state index contributed by atoms with van der Waals surface area (Å²) in [5.41, 5.74) is 0.914. The Morgan fingerprint density at radius 1 is 1.28 bits per heavy atom. The second-order valence-corrected chi connectivity index (χ2v) is 6.44. The standard InChI is InChI=1S/C18H26ClN3O3/c1-2-25-18(24)22-11-8-15(9-12-22)20-10-7-17(23)21-13-14-5-3-4-6-16(14)19/h3-6,15,20H,2,7-13H2,1H3,(H,21,23). The van der Waals surface area contributed by atoms with Gasteiger partial charge in [-0.3, -0.25) is 4.79 Å². The minimum Gasteiger partial charge on any atom is -0.450 e. The molecule has 6 nitrogen and oxygen atoms in total. The molecule has 1 aliphatic rings. The van der Waals surface area contributed by atoms with Crippen LogP contribution in [0, 0.1) is 0 Å². The van der Waals surface area contributed by atoms with Crippen molar-refractivity contribution in [1.82, 2.24) is 15.5 Å². The van der Waals surface area contributed by atoms with E-state index in [1.165, 1.54) is 0 Å². The van der Waals surface area contributed by atoms with Crippen LogP contribution in [0.25, 0.3) is 0 Å². The number of nitrogens with one attached hydrogen (secondary N) is 2. The number of ether oxygens (including phenoxy) is 1. The Hall–Kier alpha value is -1.79. The van der Waals surface area contributed by atoms with Gasteiger partial charge < -0.3 is 20.3 Å². The van der Waals surface area contributed by atoms with Gasteiger partial charge in [-0.05, 0) is 31.4 Å². The van der Waals surface area contributed by atoms with Crippen LogP contribution in [0.5, 0.6) is 0 Å². The van der Waals surface area contributed by atoms with Gasteiger partial charge in [-0.25, -0.2) is 4.79 Å². The molecular formula is C18H26ClN3O3. The lowest BCUT2D eigenvalue weighted by molar-refractivity contribution is -0.121. The predicted octanol–water partition coefficient (Wildman–Crippen LogP) is 2.56. The number of carbonyl (C=O) groups is 2. The monoisotopic (exact) mass is 367 g/mol. The number of likely N-dealkylation sites (tertiary alicyclic amines) is 1. The minimum atomic E-state index is -0.236. The number of hydrogen-bond acceptors (Lipinski definition) is 4. The van der Waals surface area contributed by atoms with Crippen LogP contribution < -0.4 is 10.6 Å². The molecule has 0 aromatic heterocycles. The van der Waals surface area contributed by atoms with Crippen LogP contribution in [0.3, 0.4) is 0 Å². The minimum absolute atomic E-state index is 0.00335. The molecule has 138 valence electrons. The quantitative estimate of drug-likeness (QED) is 0.777. The fourth-order valence-electron chi connectivity index (χ4n) is 2.79. The summed E-state index contributed by atoms with van der Waals surface area (Å²) in [4.78, 5) is 25.3. The fourth-order valence-corrected chi connectivity index (χ4v) is 3.00. The maximum Gasteiger partial charge on any atom is 0.409 e. The lowest BCUT2D eigenvalue weighted by Crippen LogP contribution is -2.45. The maximum atomic E-state index is 11.9. The zero-order valence-electron chi connectivity index (χ0n) is 14.6. The zero-order valence-corrected chi connectivity index (χ0v) is 15.3. The Balaban J connectivity index is 1.59. The van der Waals surface area contributed by atoms with E-state index in [9.17, 15) is 9.59 Å². The van der Waals surface area contributed by atoms with Gasteiger partial charge in [0.15, 0.2) is 0 Å². The molecule has 2 N–H and O–H groups in total. The summed E-state index contributed by atoms with van der Waals surface area (Å²) in [6, 6.07) is 7.82. The number of halogens is 1. The van der Waals surface area contributed by atoms with Crippen molar-refractivity contribution < 1.29 is 14.3 Å². The van der Waals surface area contributed by atoms with E-state index in [4.69, 9.17) is 16.3 Å². The SMILES string of the molecule is CCOC(=O)N1CCC(NCCC(=O)NCc2ccccc2Cl)CC1. The van der Waals surface area contributed by atoms with Crippen LogP contribution in [0.4, 0.5) is 4.79 Å². The first-order valence-electron chi connectivity index (χ1n) is 8.75. The number of piperidine rings is 1. The summed E-state index contributed by atoms with van der Waals surface area (Å²) in [5, 5.41) is 6.93. The molecule has 1 aliphatic heterocycles. The molecule has 0 atom stereocenters. The summed E-state index contributed by atoms with van der Waals surface area (Å²) in [5.74, 6) is -0.00335. The third-order valence-electron chi connectivity index (χ3n) is 4.24. The number of hydrogen-bond donors (Lipinski definition) is 2. The van der Waals surface area contributed by atoms with E-state index < -0.39 is 0 Å². The van der Waals surface area contributed by atoms with Crippen molar-refractivity contribution in [3.63, 3.8) is 0 Å². The van der Waals surface area contributed by atoms with Crippen LogP contribution in [0.1, 0.15) is 31.7 Å². The Morgan fingerprint density at radius 2 is 2.00 bits per heavy atom. The van der Waals surface area contributed by atoms with Crippen LogP contribution in [0.15, 0.2) is 24.3 Å². The first kappa shape index (κ1) is 19.5. The highest BCUT2D eigenvalue weighted by atomic mass is 35.5. The molecule has 0 aliphatic carbocycles. The summed E-state index contributed by atoms with van der Waals surface area (Å²) in [6.45, 7) is 4.66. The molecule has 0 spiro atoms. The third kappa shape index (κ3) is 6.55. The lowest BCUT2D eigenvalue weighted by atomic mass is 10.1. The van der Waals surface area contributed by atoms with Crippen LogP contribution in [-0.4, -0.2) is 49.2 Å². The lowest BCUT2D eigenvalue weighted by Gasteiger charge is -2.31. The first-order valence-corrected chi connectivity index (χ1v) is 9.13. The molecule has 1 fully saturated rings. The Morgan fingerprint density at radius 3 is 2.68 bits per heavy atom. The van der Waals surface area contributed by atoms with Crippen molar-refractivity contribution in [3.8, 4) is 0 Å². The number of benzene rings is 1. The van der Waals surface area contributed by atoms with Gasteiger partial charge in [0.05, 0.1) is 6.61 Å². The van der Waals surface area contributed by atoms with Crippen molar-refractivity contribution in [2.24, 2.45) is 0 Å². The summed E-state index contributed by atoms with van der Waals surface area (Å²) < 4.78 is 5.01. The molecule has 1 aromatic rings. The van der Waals surface area contributed by atoms with Crippen molar-refractivity contribution in [2.75, 3.05) is 26.2 Å². The van der Waals surface area contributed by atoms with Gasteiger partial charge >= 0.3 is 6.09 Å². The normalized spacial score (nSPS) is 15.0. The highest BCUT2D eigenvalue weighted by molar-refractivity contribution is 6.31. The Bertz CT molecular complexity index is 574. The largest absolute Gasteiger partial charge is 0.450 e. The van der Waals surface area contributed by atoms with Gasteiger partial charge in [0, 0.05) is 43.7 Å². The van der Waals surface area contributed by atoms with Crippen molar-refractivity contribution >= 4 is 23.6 Å². The molecule has 0 unspecified atom stereocenters. The average molecular weight is 368 g/mol. The van der Waals surface area contributed by atoms with E-state index in [0.29, 0.717) is 50.3 Å². The molecule has 0 radical (unpaired) electrons. The van der Waals surface area contributed by atoms with Crippen LogP contribution in [0.2, 0.25) is 5.02 Å². The maximum absolute atomic E-state index is 11.9. The summed E-state index contributed by atoms with van der Waals surface area (Å²) in [7, 11) is 0. The predicted molar refractivity (Wildman–Crippen MR) is 97.5 cm³/mol. The number of nitrogens with zero attached hydrogens (tertiary/aromatic N) is 1. The number of carbonyl (C=O) groups excluding carboxylic acids is 2. The van der Waals surface area contributed by atoms with Gasteiger partial charge in [0.2, 0.25) is 5.91 Å². The topological polar surface area (TPSA) is 70.7 Å². The summed E-state index contributed by atoms with van der Waals surface area (Å²) in [6.07, 6.45) is 1.93. The second-order valence-electron chi connectivity index (χ2n) is 6.03. The van der Waals surface area contributed by atoms with Gasteiger partial charge in [-0.2, -0.15) is 0 Å². The van der Waals surface area contributed by atoms with Gasteiger partial charge in [0.25, 0.3) is 0 Å². The zero-order chi connectivity index (χ0) is 18.1. The van der Waals surface area contributed by atoms with E-state index in [1.54, 1.807) is 4.90 Å². The van der Waals surface area contributed by atoms with E-state index in [2.05, 4.69) is 10.6 Å². The van der Waals surface area contributed by atoms with E-state index in [-0.39, 0.29) is 12.0 Å². The second kappa shape index (κ2) is 10.3. The van der Waals surface area contributed by atoms with E-state index in [1.807, 2.05) is 31.2 Å². The molecule has 7 heteroatoms. The molecule has 1 heterocycles. The molecule has 1 aromatic carbocycles. The third-order valence-corrected chi connectivity index (χ3v) is 4.61. The van der Waals surface area contributed by atoms with Crippen molar-refractivity contribution in [1.29, 1.82) is 0 Å². The highest BCUT2D eigenvalue weighted by Crippen LogP contribution is 2.14. The number of rotatable bonds is 7. The molecule has 0 bridgehead atoms. The Kier molecular flexibility index (Phi) is 8.01. The smallest absolute Gasteiger partial charge is 0.409 e. The van der Waals surface area contributed by atoms with Crippen LogP contribution in [-0.2, 0) is 16.1 Å². The van der Waals surface area contributed by atoms with Gasteiger partial charge in [-0.15, -0.1) is 0 Å². The molecule has 1 saturated heterocycles. The highest BCUT2D eigenvalue weighted by Gasteiger charge is 2.23. The van der Waals surface area contributed by atoms with E-state index >= 15 is 0 Å². The van der Waals surface area contributed by atoms with Crippen LogP contribution >= 0.6 is 11.6 Å². The van der Waals surface area contributed by atoms with Crippen molar-refractivity contribution in [2.45, 2.75) is 38.8 Å². The fraction of sp³-hybridized carbons (Fsp3) is 0.556. The molecular weight excluding hydrogens is 342 g/mol. The Labute approximate surface area is 153 Å². The summed E-state index contributed by atoms with van der Waals surface area (Å²) >= 11 is 6.07. The molecule has 2 rings (SSSR count). The van der Waals surface area contributed by atoms with Crippen molar-refractivity contribution in [3.05, 3.63) is 34.9 Å². The van der Waals surface area contributed by atoms with Gasteiger partial charge in [0.1, 0.15) is 0 Å². The molecule has 0 saturated carbocycles. The first-order chi connectivity index (χ1) is 12.1.